The molecule has 0 aromatic heterocycles. The second-order valence-electron chi connectivity index (χ2n) is 4.09. The van der Waals surface area contributed by atoms with Crippen molar-refractivity contribution in [2.75, 3.05) is 18.1 Å². The summed E-state index contributed by atoms with van der Waals surface area (Å²) in [6.45, 7) is 5.60. The van der Waals surface area contributed by atoms with E-state index < -0.39 is 9.84 Å². The maximum Gasteiger partial charge on any atom is 0.306 e. The monoisotopic (exact) mass is 232 g/mol. The number of carbonyl (C=O) groups is 1. The first-order valence-corrected chi connectivity index (χ1v) is 6.71. The molecular formula is C10H16O4S. The maximum atomic E-state index is 11.3. The van der Waals surface area contributed by atoms with Crippen LogP contribution in [0, 0.1) is 5.92 Å². The lowest BCUT2D eigenvalue weighted by Gasteiger charge is -2.07. The van der Waals surface area contributed by atoms with Gasteiger partial charge >= 0.3 is 5.97 Å². The molecule has 0 aromatic carbocycles. The van der Waals surface area contributed by atoms with Crippen molar-refractivity contribution in [3.05, 3.63) is 12.2 Å². The highest BCUT2D eigenvalue weighted by Crippen LogP contribution is 2.21. The highest BCUT2D eigenvalue weighted by atomic mass is 32.2. The summed E-state index contributed by atoms with van der Waals surface area (Å²) in [5.41, 5.74) is 0.780. The Kier molecular flexibility index (Phi) is 3.90. The molecule has 4 nitrogen and oxygen atoms in total. The van der Waals surface area contributed by atoms with Gasteiger partial charge < -0.3 is 4.74 Å². The molecule has 0 N–H and O–H groups in total. The van der Waals surface area contributed by atoms with E-state index in [1.165, 1.54) is 0 Å². The average Bonchev–Trinajstić information content (AvgIpc) is 2.42. The van der Waals surface area contributed by atoms with Crippen LogP contribution in [-0.4, -0.2) is 32.5 Å². The molecule has 1 aliphatic rings. The summed E-state index contributed by atoms with van der Waals surface area (Å²) >= 11 is 0. The van der Waals surface area contributed by atoms with Crippen molar-refractivity contribution in [3.8, 4) is 0 Å². The predicted octanol–water partition coefficient (Wildman–Crippen LogP) is 0.931. The number of carbonyl (C=O) groups excluding carboxylic acids is 1. The van der Waals surface area contributed by atoms with E-state index in [1.807, 2.05) is 0 Å². The van der Waals surface area contributed by atoms with E-state index >= 15 is 0 Å². The molecule has 0 aliphatic carbocycles. The Morgan fingerprint density at radius 3 is 2.67 bits per heavy atom. The SMILES string of the molecule is C=C(C)COC(=O)CC1CCS(=O)(=O)C1. The molecule has 1 unspecified atom stereocenters. The van der Waals surface area contributed by atoms with Gasteiger partial charge in [-0.2, -0.15) is 0 Å². The number of sulfone groups is 1. The van der Waals surface area contributed by atoms with Crippen molar-refractivity contribution >= 4 is 15.8 Å². The quantitative estimate of drug-likeness (QED) is 0.534. The summed E-state index contributed by atoms with van der Waals surface area (Å²) in [5.74, 6) is -0.0756. The average molecular weight is 232 g/mol. The number of ether oxygens (including phenoxy) is 1. The van der Waals surface area contributed by atoms with Crippen molar-refractivity contribution < 1.29 is 17.9 Å². The van der Waals surface area contributed by atoms with Crippen LogP contribution in [0.5, 0.6) is 0 Å². The van der Waals surface area contributed by atoms with Crippen LogP contribution in [0.3, 0.4) is 0 Å². The van der Waals surface area contributed by atoms with Gasteiger partial charge in [0.05, 0.1) is 11.5 Å². The van der Waals surface area contributed by atoms with Gasteiger partial charge in [-0.15, -0.1) is 0 Å². The minimum absolute atomic E-state index is 0.0624. The van der Waals surface area contributed by atoms with E-state index in [-0.39, 0.29) is 36.4 Å². The maximum absolute atomic E-state index is 11.3. The van der Waals surface area contributed by atoms with Gasteiger partial charge in [-0.05, 0) is 24.8 Å². The minimum Gasteiger partial charge on any atom is -0.461 e. The van der Waals surface area contributed by atoms with E-state index in [4.69, 9.17) is 4.74 Å². The van der Waals surface area contributed by atoms with E-state index in [2.05, 4.69) is 6.58 Å². The summed E-state index contributed by atoms with van der Waals surface area (Å²) in [4.78, 5) is 11.3. The second-order valence-corrected chi connectivity index (χ2v) is 6.32. The van der Waals surface area contributed by atoms with Gasteiger partial charge in [-0.25, -0.2) is 8.42 Å². The molecule has 0 saturated carbocycles. The lowest BCUT2D eigenvalue weighted by Crippen LogP contribution is -2.13. The summed E-state index contributed by atoms with van der Waals surface area (Å²) in [5, 5.41) is 0. The molecule has 15 heavy (non-hydrogen) atoms. The van der Waals surface area contributed by atoms with Crippen LogP contribution in [0.25, 0.3) is 0 Å². The Labute approximate surface area is 90.2 Å². The highest BCUT2D eigenvalue weighted by Gasteiger charge is 2.29. The molecule has 0 spiro atoms. The Morgan fingerprint density at radius 1 is 1.53 bits per heavy atom. The van der Waals surface area contributed by atoms with Crippen LogP contribution in [-0.2, 0) is 19.4 Å². The molecule has 86 valence electrons. The van der Waals surface area contributed by atoms with Crippen molar-refractivity contribution in [1.82, 2.24) is 0 Å². The molecule has 1 aliphatic heterocycles. The Hall–Kier alpha value is -0.840. The zero-order valence-electron chi connectivity index (χ0n) is 8.86. The number of rotatable bonds is 4. The molecule has 1 saturated heterocycles. The van der Waals surface area contributed by atoms with Crippen LogP contribution < -0.4 is 0 Å². The van der Waals surface area contributed by atoms with Gasteiger partial charge in [-0.1, -0.05) is 6.58 Å². The smallest absolute Gasteiger partial charge is 0.306 e. The third kappa shape index (κ3) is 4.46. The molecule has 0 radical (unpaired) electrons. The van der Waals surface area contributed by atoms with Crippen LogP contribution in [0.1, 0.15) is 19.8 Å². The number of hydrogen-bond acceptors (Lipinski definition) is 4. The topological polar surface area (TPSA) is 60.4 Å². The lowest BCUT2D eigenvalue weighted by atomic mass is 10.1. The lowest BCUT2D eigenvalue weighted by molar-refractivity contribution is -0.143. The van der Waals surface area contributed by atoms with E-state index in [9.17, 15) is 13.2 Å². The van der Waals surface area contributed by atoms with Gasteiger partial charge in [0.1, 0.15) is 6.61 Å². The summed E-state index contributed by atoms with van der Waals surface area (Å²) in [7, 11) is -2.90. The molecule has 1 rings (SSSR count). The largest absolute Gasteiger partial charge is 0.461 e. The summed E-state index contributed by atoms with van der Waals surface area (Å²) < 4.78 is 27.1. The van der Waals surface area contributed by atoms with Crippen molar-refractivity contribution in [3.63, 3.8) is 0 Å². The fourth-order valence-corrected chi connectivity index (χ4v) is 3.39. The molecule has 1 heterocycles. The summed E-state index contributed by atoms with van der Waals surface area (Å²) in [6, 6.07) is 0. The third-order valence-corrected chi connectivity index (χ3v) is 4.10. The van der Waals surface area contributed by atoms with Crippen molar-refractivity contribution in [1.29, 1.82) is 0 Å². The van der Waals surface area contributed by atoms with E-state index in [1.54, 1.807) is 6.92 Å². The summed E-state index contributed by atoms with van der Waals surface area (Å²) in [6.07, 6.45) is 0.775. The molecule has 0 amide bonds. The molecule has 0 bridgehead atoms. The fraction of sp³-hybridized carbons (Fsp3) is 0.700. The highest BCUT2D eigenvalue weighted by molar-refractivity contribution is 7.91. The van der Waals surface area contributed by atoms with Crippen LogP contribution in [0.15, 0.2) is 12.2 Å². The van der Waals surface area contributed by atoms with Gasteiger partial charge in [0, 0.05) is 6.42 Å². The Morgan fingerprint density at radius 2 is 2.20 bits per heavy atom. The van der Waals surface area contributed by atoms with Crippen LogP contribution in [0.2, 0.25) is 0 Å². The van der Waals surface area contributed by atoms with Crippen molar-refractivity contribution in [2.45, 2.75) is 19.8 Å². The molecule has 1 atom stereocenters. The van der Waals surface area contributed by atoms with E-state index in [0.29, 0.717) is 6.42 Å². The molecule has 5 heteroatoms. The third-order valence-electron chi connectivity index (χ3n) is 2.26. The fourth-order valence-electron chi connectivity index (χ4n) is 1.53. The first kappa shape index (κ1) is 12.2. The van der Waals surface area contributed by atoms with Crippen LogP contribution >= 0.6 is 0 Å². The van der Waals surface area contributed by atoms with Crippen molar-refractivity contribution in [2.24, 2.45) is 5.92 Å². The van der Waals surface area contributed by atoms with Gasteiger partial charge in [-0.3, -0.25) is 4.79 Å². The zero-order valence-corrected chi connectivity index (χ0v) is 9.68. The Bertz CT molecular complexity index is 356. The van der Waals surface area contributed by atoms with Gasteiger partial charge in [0.15, 0.2) is 9.84 Å². The minimum atomic E-state index is -2.90. The van der Waals surface area contributed by atoms with Gasteiger partial charge in [0.2, 0.25) is 0 Å². The Balaban J connectivity index is 2.31. The number of hydrogen-bond donors (Lipinski definition) is 0. The molecule has 1 fully saturated rings. The normalized spacial score (nSPS) is 23.7. The first-order valence-electron chi connectivity index (χ1n) is 4.89. The number of esters is 1. The molecule has 0 aromatic rings. The van der Waals surface area contributed by atoms with E-state index in [0.717, 1.165) is 5.57 Å². The van der Waals surface area contributed by atoms with Crippen LogP contribution in [0.4, 0.5) is 0 Å². The first-order chi connectivity index (χ1) is 6.89. The predicted molar refractivity (Wildman–Crippen MR) is 57.2 cm³/mol. The molecular weight excluding hydrogens is 216 g/mol. The second kappa shape index (κ2) is 4.79. The van der Waals surface area contributed by atoms with Gasteiger partial charge in [0.25, 0.3) is 0 Å². The standard InChI is InChI=1S/C10H16O4S/c1-8(2)6-14-10(11)5-9-3-4-15(12,13)7-9/h9H,1,3-7H2,2H3. The zero-order chi connectivity index (χ0) is 11.5.